The second-order valence-corrected chi connectivity index (χ2v) is 8.00. The molecule has 4 nitrogen and oxygen atoms in total. The summed E-state index contributed by atoms with van der Waals surface area (Å²) in [4.78, 5) is 0. The van der Waals surface area contributed by atoms with Gasteiger partial charge in [0.2, 0.25) is 0 Å². The number of benzene rings is 4. The Labute approximate surface area is 199 Å². The predicted octanol–water partition coefficient (Wildman–Crippen LogP) is 7.27. The Morgan fingerprint density at radius 1 is 0.613 bits per heavy atom. The van der Waals surface area contributed by atoms with E-state index >= 15 is 0 Å². The summed E-state index contributed by atoms with van der Waals surface area (Å²) < 4.78 is 11.0. The van der Waals surface area contributed by atoms with Crippen LogP contribution in [-0.4, -0.2) is 34.1 Å². The molecule has 4 aromatic carbocycles. The van der Waals surface area contributed by atoms with Crippen LogP contribution in [0, 0.1) is 0 Å². The minimum absolute atomic E-state index is 0. The van der Waals surface area contributed by atoms with Gasteiger partial charge < -0.3 is 19.7 Å². The Morgan fingerprint density at radius 3 is 1.26 bits per heavy atom. The second-order valence-electron chi connectivity index (χ2n) is 6.41. The number of phenolic OH excluding ortho intramolecular Hbond substituents is 2. The molecule has 0 bridgehead atoms. The molecule has 6 heteroatoms. The zero-order valence-corrected chi connectivity index (χ0v) is 19.4. The highest BCUT2D eigenvalue weighted by atomic mass is 79.9. The quantitative estimate of drug-likeness (QED) is 0.193. The molecule has 5 rings (SSSR count). The molecule has 2 N–H and O–H groups in total. The van der Waals surface area contributed by atoms with Crippen LogP contribution in [0.25, 0.3) is 21.5 Å². The van der Waals surface area contributed by atoms with Gasteiger partial charge in [0, 0.05) is 10.7 Å². The molecule has 0 aliphatic carbocycles. The van der Waals surface area contributed by atoms with E-state index in [0.29, 0.717) is 13.2 Å². The fraction of sp³-hybridized carbons (Fsp3) is 0.200. The minimum atomic E-state index is -0.0753. The monoisotopic (exact) mass is 548 g/mol. The molecule has 31 heavy (non-hydrogen) atoms. The number of rotatable bonds is 1. The van der Waals surface area contributed by atoms with Gasteiger partial charge in [-0.25, -0.2) is 0 Å². The van der Waals surface area contributed by atoms with Crippen LogP contribution in [-0.2, 0) is 0 Å². The van der Waals surface area contributed by atoms with Crippen LogP contribution >= 0.6 is 31.9 Å². The highest BCUT2D eigenvalue weighted by Gasteiger charge is 2.11. The van der Waals surface area contributed by atoms with Crippen molar-refractivity contribution in [2.24, 2.45) is 0 Å². The van der Waals surface area contributed by atoms with Gasteiger partial charge in [0.1, 0.15) is 13.2 Å². The molecule has 1 aliphatic heterocycles. The molecule has 164 valence electrons. The maximum absolute atomic E-state index is 9.17. The van der Waals surface area contributed by atoms with Crippen molar-refractivity contribution in [1.82, 2.24) is 0 Å². The van der Waals surface area contributed by atoms with E-state index in [1.54, 1.807) is 12.1 Å². The first-order chi connectivity index (χ1) is 14.6. The van der Waals surface area contributed by atoms with E-state index in [2.05, 4.69) is 44.0 Å². The Kier molecular flexibility index (Phi) is 9.95. The fourth-order valence-electron chi connectivity index (χ4n) is 2.94. The van der Waals surface area contributed by atoms with E-state index in [9.17, 15) is 0 Å². The molecule has 1 heterocycles. The molecule has 0 saturated carbocycles. The van der Waals surface area contributed by atoms with E-state index in [-0.39, 0.29) is 18.9 Å². The average molecular weight is 550 g/mol. The molecule has 0 unspecified atom stereocenters. The minimum Gasteiger partial charge on any atom is -0.504 e. The van der Waals surface area contributed by atoms with Crippen LogP contribution in [0.3, 0.4) is 0 Å². The van der Waals surface area contributed by atoms with Crippen LogP contribution in [0.1, 0.15) is 7.43 Å². The van der Waals surface area contributed by atoms with Crippen molar-refractivity contribution in [3.05, 3.63) is 72.8 Å². The average Bonchev–Trinajstić information content (AvgIpc) is 2.79. The van der Waals surface area contributed by atoms with Crippen LogP contribution in [0.2, 0.25) is 0 Å². The summed E-state index contributed by atoms with van der Waals surface area (Å²) in [5.41, 5.74) is 0. The van der Waals surface area contributed by atoms with Crippen LogP contribution < -0.4 is 9.47 Å². The smallest absolute Gasteiger partial charge is 0.161 e. The summed E-state index contributed by atoms with van der Waals surface area (Å²) in [7, 11) is 0. The lowest BCUT2D eigenvalue weighted by Gasteiger charge is -2.18. The van der Waals surface area contributed by atoms with E-state index in [1.807, 2.05) is 48.5 Å². The lowest BCUT2D eigenvalue weighted by Crippen LogP contribution is -2.15. The van der Waals surface area contributed by atoms with Crippen molar-refractivity contribution in [3.63, 3.8) is 0 Å². The van der Waals surface area contributed by atoms with Gasteiger partial charge in [-0.2, -0.15) is 0 Å². The largest absolute Gasteiger partial charge is 0.504 e. The summed E-state index contributed by atoms with van der Waals surface area (Å²) in [6.45, 7) is 1.29. The highest BCUT2D eigenvalue weighted by molar-refractivity contribution is 9.11. The third kappa shape index (κ3) is 6.77. The zero-order chi connectivity index (χ0) is 21.3. The number of fused-ring (bicyclic) bond motifs is 3. The first-order valence-corrected chi connectivity index (χ1v) is 11.7. The maximum Gasteiger partial charge on any atom is 0.161 e. The topological polar surface area (TPSA) is 58.9 Å². The first kappa shape index (κ1) is 24.8. The molecule has 0 radical (unpaired) electrons. The number of alkyl halides is 2. The molecule has 1 aliphatic rings. The van der Waals surface area contributed by atoms with Crippen LogP contribution in [0.4, 0.5) is 0 Å². The van der Waals surface area contributed by atoms with Crippen molar-refractivity contribution in [2.45, 2.75) is 7.43 Å². The first-order valence-electron chi connectivity index (χ1n) is 9.43. The molecular weight excluding hydrogens is 524 g/mol. The SMILES string of the molecule is BrCCBr.C.Oc1cc2ccccc2cc1O.c1ccc2cc3c(cc2c1)OCCO3. The van der Waals surface area contributed by atoms with Crippen molar-refractivity contribution >= 4 is 53.4 Å². The predicted molar refractivity (Wildman–Crippen MR) is 137 cm³/mol. The lowest BCUT2D eigenvalue weighted by atomic mass is 10.1. The van der Waals surface area contributed by atoms with Gasteiger partial charge in [-0.05, 0) is 45.8 Å². The van der Waals surface area contributed by atoms with Gasteiger partial charge in [-0.3, -0.25) is 0 Å². The van der Waals surface area contributed by atoms with Gasteiger partial charge in [-0.15, -0.1) is 0 Å². The second kappa shape index (κ2) is 12.4. The summed E-state index contributed by atoms with van der Waals surface area (Å²) in [5.74, 6) is 1.56. The molecule has 0 saturated heterocycles. The summed E-state index contributed by atoms with van der Waals surface area (Å²) in [6, 6.07) is 22.9. The van der Waals surface area contributed by atoms with Crippen molar-refractivity contribution in [3.8, 4) is 23.0 Å². The molecule has 0 aromatic heterocycles. The maximum atomic E-state index is 9.17. The molecule has 0 atom stereocenters. The van der Waals surface area contributed by atoms with Crippen molar-refractivity contribution in [2.75, 3.05) is 23.9 Å². The van der Waals surface area contributed by atoms with Crippen molar-refractivity contribution in [1.29, 1.82) is 0 Å². The Hall–Kier alpha value is -2.44. The van der Waals surface area contributed by atoms with Crippen molar-refractivity contribution < 1.29 is 19.7 Å². The lowest BCUT2D eigenvalue weighted by molar-refractivity contribution is 0.172. The number of hydrogen-bond donors (Lipinski definition) is 2. The number of halogens is 2. The van der Waals surface area contributed by atoms with Gasteiger partial charge in [-0.1, -0.05) is 87.8 Å². The zero-order valence-electron chi connectivity index (χ0n) is 16.2. The van der Waals surface area contributed by atoms with Gasteiger partial charge in [0.05, 0.1) is 0 Å². The standard InChI is InChI=1S/C12H10O2.C10H8O2.C2H4Br2.CH4/c1-2-4-10-8-12-11(7-9(10)3-1)13-5-6-14-12;11-9-5-7-3-1-2-4-8(7)6-10(9)12;3-1-2-4;/h1-4,7-8H,5-6H2;1-6,11-12H;1-2H2;1H4. The van der Waals surface area contributed by atoms with E-state index in [4.69, 9.17) is 19.7 Å². The highest BCUT2D eigenvalue weighted by Crippen LogP contribution is 2.34. The Bertz CT molecular complexity index is 1030. The van der Waals surface area contributed by atoms with E-state index in [0.717, 1.165) is 32.9 Å². The van der Waals surface area contributed by atoms with Gasteiger partial charge in [0.25, 0.3) is 0 Å². The number of phenols is 2. The number of ether oxygens (including phenoxy) is 2. The van der Waals surface area contributed by atoms with Crippen LogP contribution in [0.15, 0.2) is 72.8 Å². The third-order valence-corrected chi connectivity index (χ3v) is 6.18. The number of aromatic hydroxyl groups is 2. The molecule has 0 amide bonds. The Balaban J connectivity index is 0.000000185. The number of hydrogen-bond acceptors (Lipinski definition) is 4. The fourth-order valence-corrected chi connectivity index (χ4v) is 2.94. The molecule has 4 aromatic rings. The summed E-state index contributed by atoms with van der Waals surface area (Å²) in [6.07, 6.45) is 0. The van der Waals surface area contributed by atoms with Gasteiger partial charge >= 0.3 is 0 Å². The molecular formula is C25H26Br2O4. The molecule has 0 fully saturated rings. The normalized spacial score (nSPS) is 11.4. The summed E-state index contributed by atoms with van der Waals surface area (Å²) in [5, 5.41) is 24.7. The molecule has 0 spiro atoms. The van der Waals surface area contributed by atoms with Crippen LogP contribution in [0.5, 0.6) is 23.0 Å². The van der Waals surface area contributed by atoms with Gasteiger partial charge in [0.15, 0.2) is 23.0 Å². The third-order valence-electron chi connectivity index (χ3n) is 4.32. The Morgan fingerprint density at radius 2 is 0.935 bits per heavy atom. The summed E-state index contributed by atoms with van der Waals surface area (Å²) >= 11 is 6.40. The van der Waals surface area contributed by atoms with E-state index < -0.39 is 0 Å². The van der Waals surface area contributed by atoms with E-state index in [1.165, 1.54) is 10.8 Å².